The Kier molecular flexibility index (Phi) is 5.65. The predicted molar refractivity (Wildman–Crippen MR) is 84.9 cm³/mol. The molecule has 0 aliphatic carbocycles. The number of hydrogen-bond acceptors (Lipinski definition) is 3. The lowest BCUT2D eigenvalue weighted by atomic mass is 9.99. The van der Waals surface area contributed by atoms with Crippen molar-refractivity contribution >= 4 is 29.3 Å². The standard InChI is InChI=1S/C16H20ClNO3/c1-18(11-12-6-8-21-9-7-12)15-10-14(17)4-2-13(15)3-5-16(19)20/h2-5,10,12H,6-9,11H2,1H3,(H,19,20)/b5-3+. The van der Waals surface area contributed by atoms with Crippen molar-refractivity contribution in [1.82, 2.24) is 0 Å². The van der Waals surface area contributed by atoms with Gasteiger partial charge in [0.15, 0.2) is 0 Å². The lowest BCUT2D eigenvalue weighted by Gasteiger charge is -2.29. The second kappa shape index (κ2) is 7.48. The van der Waals surface area contributed by atoms with Gasteiger partial charge >= 0.3 is 5.97 Å². The normalized spacial score (nSPS) is 16.3. The monoisotopic (exact) mass is 309 g/mol. The van der Waals surface area contributed by atoms with Crippen molar-refractivity contribution in [1.29, 1.82) is 0 Å². The van der Waals surface area contributed by atoms with Crippen molar-refractivity contribution in [3.8, 4) is 0 Å². The van der Waals surface area contributed by atoms with Crippen molar-refractivity contribution in [2.45, 2.75) is 12.8 Å². The van der Waals surface area contributed by atoms with Gasteiger partial charge in [-0.1, -0.05) is 17.7 Å². The fourth-order valence-corrected chi connectivity index (χ4v) is 2.73. The highest BCUT2D eigenvalue weighted by Gasteiger charge is 2.17. The molecule has 0 bridgehead atoms. The average molecular weight is 310 g/mol. The van der Waals surface area contributed by atoms with Crippen molar-refractivity contribution in [2.24, 2.45) is 5.92 Å². The van der Waals surface area contributed by atoms with Crippen LogP contribution in [0.3, 0.4) is 0 Å². The summed E-state index contributed by atoms with van der Waals surface area (Å²) in [5.41, 5.74) is 1.81. The fourth-order valence-electron chi connectivity index (χ4n) is 2.56. The van der Waals surface area contributed by atoms with E-state index in [0.29, 0.717) is 10.9 Å². The summed E-state index contributed by atoms with van der Waals surface area (Å²) in [6.07, 6.45) is 4.87. The molecule has 1 fully saturated rings. The molecule has 1 saturated heterocycles. The maximum absolute atomic E-state index is 10.7. The zero-order valence-electron chi connectivity index (χ0n) is 12.1. The predicted octanol–water partition coefficient (Wildman–Crippen LogP) is 3.30. The molecule has 0 radical (unpaired) electrons. The van der Waals surface area contributed by atoms with Gasteiger partial charge in [0.25, 0.3) is 0 Å². The highest BCUT2D eigenvalue weighted by atomic mass is 35.5. The van der Waals surface area contributed by atoms with Crippen LogP contribution in [0, 0.1) is 5.92 Å². The van der Waals surface area contributed by atoms with E-state index >= 15 is 0 Å². The summed E-state index contributed by atoms with van der Waals surface area (Å²) in [6.45, 7) is 2.55. The molecular weight excluding hydrogens is 290 g/mol. The van der Waals surface area contributed by atoms with Crippen LogP contribution in [0.5, 0.6) is 0 Å². The van der Waals surface area contributed by atoms with E-state index in [0.717, 1.165) is 49.9 Å². The molecule has 1 aliphatic rings. The minimum absolute atomic E-state index is 0.596. The molecular formula is C16H20ClNO3. The van der Waals surface area contributed by atoms with Crippen molar-refractivity contribution in [3.63, 3.8) is 0 Å². The number of benzene rings is 1. The Labute approximate surface area is 130 Å². The summed E-state index contributed by atoms with van der Waals surface area (Å²) >= 11 is 6.08. The lowest BCUT2D eigenvalue weighted by molar-refractivity contribution is -0.131. The van der Waals surface area contributed by atoms with Crippen LogP contribution < -0.4 is 4.90 Å². The Morgan fingerprint density at radius 1 is 1.48 bits per heavy atom. The Hall–Kier alpha value is -1.52. The molecule has 1 N–H and O–H groups in total. The first kappa shape index (κ1) is 15.9. The quantitative estimate of drug-likeness (QED) is 0.848. The van der Waals surface area contributed by atoms with Gasteiger partial charge in [0.2, 0.25) is 0 Å². The number of aliphatic carboxylic acids is 1. The lowest BCUT2D eigenvalue weighted by Crippen LogP contribution is -2.29. The van der Waals surface area contributed by atoms with E-state index in [9.17, 15) is 4.79 Å². The van der Waals surface area contributed by atoms with Crippen LogP contribution in [-0.2, 0) is 9.53 Å². The van der Waals surface area contributed by atoms with E-state index in [-0.39, 0.29) is 0 Å². The number of anilines is 1. The Morgan fingerprint density at radius 3 is 2.86 bits per heavy atom. The van der Waals surface area contributed by atoms with Crippen LogP contribution >= 0.6 is 11.6 Å². The van der Waals surface area contributed by atoms with Crippen molar-refractivity contribution < 1.29 is 14.6 Å². The van der Waals surface area contributed by atoms with Gasteiger partial charge in [-0.3, -0.25) is 0 Å². The first-order chi connectivity index (χ1) is 10.1. The molecule has 1 aromatic carbocycles. The zero-order chi connectivity index (χ0) is 15.2. The highest BCUT2D eigenvalue weighted by Crippen LogP contribution is 2.27. The number of hydrogen-bond donors (Lipinski definition) is 1. The molecule has 0 amide bonds. The second-order valence-corrected chi connectivity index (χ2v) is 5.75. The molecule has 1 aromatic rings. The van der Waals surface area contributed by atoms with Crippen LogP contribution in [0.15, 0.2) is 24.3 Å². The van der Waals surface area contributed by atoms with Crippen LogP contribution in [0.4, 0.5) is 5.69 Å². The highest BCUT2D eigenvalue weighted by molar-refractivity contribution is 6.31. The Bertz CT molecular complexity index is 524. The minimum atomic E-state index is -0.956. The van der Waals surface area contributed by atoms with Gasteiger partial charge in [-0.25, -0.2) is 4.79 Å². The van der Waals surface area contributed by atoms with Gasteiger partial charge in [-0.2, -0.15) is 0 Å². The number of halogens is 1. The number of ether oxygens (including phenoxy) is 1. The molecule has 21 heavy (non-hydrogen) atoms. The second-order valence-electron chi connectivity index (χ2n) is 5.31. The number of rotatable bonds is 5. The smallest absolute Gasteiger partial charge is 0.328 e. The van der Waals surface area contributed by atoms with Crippen LogP contribution in [0.1, 0.15) is 18.4 Å². The molecule has 1 heterocycles. The number of carboxylic acid groups (broad SMARTS) is 1. The molecule has 0 saturated carbocycles. The van der Waals surface area contributed by atoms with Gasteiger partial charge in [0.05, 0.1) is 0 Å². The topological polar surface area (TPSA) is 49.8 Å². The summed E-state index contributed by atoms with van der Waals surface area (Å²) < 4.78 is 5.38. The third kappa shape index (κ3) is 4.76. The Balaban J connectivity index is 2.15. The van der Waals surface area contributed by atoms with Crippen LogP contribution in [-0.4, -0.2) is 37.9 Å². The van der Waals surface area contributed by atoms with E-state index in [1.165, 1.54) is 0 Å². The largest absolute Gasteiger partial charge is 0.478 e. The minimum Gasteiger partial charge on any atom is -0.478 e. The molecule has 1 aliphatic heterocycles. The molecule has 0 atom stereocenters. The summed E-state index contributed by atoms with van der Waals surface area (Å²) in [7, 11) is 2.01. The van der Waals surface area contributed by atoms with Crippen LogP contribution in [0.2, 0.25) is 5.02 Å². The third-order valence-corrected chi connectivity index (χ3v) is 3.92. The Morgan fingerprint density at radius 2 is 2.19 bits per heavy atom. The summed E-state index contributed by atoms with van der Waals surface area (Å²) in [5.74, 6) is -0.359. The van der Waals surface area contributed by atoms with Crippen molar-refractivity contribution in [3.05, 3.63) is 34.9 Å². The first-order valence-electron chi connectivity index (χ1n) is 7.05. The molecule has 0 aromatic heterocycles. The van der Waals surface area contributed by atoms with Gasteiger partial charge < -0.3 is 14.7 Å². The molecule has 2 rings (SSSR count). The van der Waals surface area contributed by atoms with E-state index in [2.05, 4.69) is 4.90 Å². The molecule has 5 heteroatoms. The van der Waals surface area contributed by atoms with Gasteiger partial charge in [0.1, 0.15) is 0 Å². The molecule has 114 valence electrons. The van der Waals surface area contributed by atoms with E-state index < -0.39 is 5.97 Å². The van der Waals surface area contributed by atoms with Gasteiger partial charge in [-0.05, 0) is 42.5 Å². The number of nitrogens with zero attached hydrogens (tertiary/aromatic N) is 1. The average Bonchev–Trinajstić information content (AvgIpc) is 2.46. The molecule has 0 unspecified atom stereocenters. The maximum Gasteiger partial charge on any atom is 0.328 e. The van der Waals surface area contributed by atoms with Crippen LogP contribution in [0.25, 0.3) is 6.08 Å². The molecule has 0 spiro atoms. The summed E-state index contributed by atoms with van der Waals surface area (Å²) in [6, 6.07) is 5.49. The first-order valence-corrected chi connectivity index (χ1v) is 7.43. The maximum atomic E-state index is 10.7. The van der Waals surface area contributed by atoms with E-state index in [1.807, 2.05) is 19.2 Å². The zero-order valence-corrected chi connectivity index (χ0v) is 12.8. The number of carboxylic acids is 1. The van der Waals surface area contributed by atoms with Gasteiger partial charge in [0, 0.05) is 43.6 Å². The third-order valence-electron chi connectivity index (χ3n) is 3.68. The summed E-state index contributed by atoms with van der Waals surface area (Å²) in [4.78, 5) is 12.8. The van der Waals surface area contributed by atoms with Gasteiger partial charge in [-0.15, -0.1) is 0 Å². The SMILES string of the molecule is CN(CC1CCOCC1)c1cc(Cl)ccc1/C=C/C(=O)O. The fraction of sp³-hybridized carbons (Fsp3) is 0.438. The number of carbonyl (C=O) groups is 1. The van der Waals surface area contributed by atoms with E-state index in [4.69, 9.17) is 21.4 Å². The summed E-state index contributed by atoms with van der Waals surface area (Å²) in [5, 5.41) is 9.43. The van der Waals surface area contributed by atoms with E-state index in [1.54, 1.807) is 12.1 Å². The van der Waals surface area contributed by atoms with Crippen molar-refractivity contribution in [2.75, 3.05) is 31.7 Å². The molecule has 4 nitrogen and oxygen atoms in total.